The molecule has 7 heteroatoms. The van der Waals surface area contributed by atoms with Gasteiger partial charge >= 0.3 is 6.55 Å². The lowest BCUT2D eigenvalue weighted by Crippen LogP contribution is -2.41. The summed E-state index contributed by atoms with van der Waals surface area (Å²) in [5, 5.41) is 0. The van der Waals surface area contributed by atoms with Crippen LogP contribution >= 0.6 is 0 Å². The Labute approximate surface area is 86.3 Å². The number of nitrogens with two attached hydrogens (primary N) is 1. The molecule has 0 aliphatic rings. The molecule has 15 heavy (non-hydrogen) atoms. The molecule has 0 aromatic heterocycles. The summed E-state index contributed by atoms with van der Waals surface area (Å²) in [4.78, 5) is -0.254. The van der Waals surface area contributed by atoms with Gasteiger partial charge in [-0.2, -0.15) is 8.78 Å². The first kappa shape index (κ1) is 12.0. The van der Waals surface area contributed by atoms with E-state index in [2.05, 4.69) is 0 Å². The van der Waals surface area contributed by atoms with Crippen molar-refractivity contribution < 1.29 is 17.2 Å². The van der Waals surface area contributed by atoms with Crippen molar-refractivity contribution in [1.82, 2.24) is 4.41 Å². The second-order valence-electron chi connectivity index (χ2n) is 2.93. The molecule has 0 saturated carbocycles. The molecule has 1 aromatic rings. The van der Waals surface area contributed by atoms with E-state index in [9.17, 15) is 17.2 Å². The number of aryl methyl sites for hydroxylation is 1. The van der Waals surface area contributed by atoms with E-state index in [0.717, 1.165) is 5.56 Å². The summed E-state index contributed by atoms with van der Waals surface area (Å²) >= 11 is 0. The smallest absolute Gasteiger partial charge is 0.250 e. The van der Waals surface area contributed by atoms with Crippen molar-refractivity contribution in [3.8, 4) is 0 Å². The number of hydrazine groups is 1. The fourth-order valence-corrected chi connectivity index (χ4v) is 1.87. The van der Waals surface area contributed by atoms with Crippen molar-refractivity contribution in [2.75, 3.05) is 0 Å². The molecule has 2 N–H and O–H groups in total. The normalized spacial score (nSPS) is 12.4. The lowest BCUT2D eigenvalue weighted by molar-refractivity contribution is 0.0310. The van der Waals surface area contributed by atoms with Gasteiger partial charge in [0.2, 0.25) is 0 Å². The van der Waals surface area contributed by atoms with Crippen LogP contribution in [0.5, 0.6) is 0 Å². The Bertz CT molecular complexity index is 430. The number of hydrogen-bond acceptors (Lipinski definition) is 3. The van der Waals surface area contributed by atoms with Crippen molar-refractivity contribution in [3.05, 3.63) is 29.8 Å². The van der Waals surface area contributed by atoms with E-state index in [-0.39, 0.29) is 4.90 Å². The highest BCUT2D eigenvalue weighted by atomic mass is 32.2. The van der Waals surface area contributed by atoms with E-state index in [1.54, 1.807) is 6.92 Å². The van der Waals surface area contributed by atoms with Crippen LogP contribution in [-0.4, -0.2) is 19.4 Å². The van der Waals surface area contributed by atoms with E-state index in [1.807, 2.05) is 0 Å². The summed E-state index contributed by atoms with van der Waals surface area (Å²) in [6.45, 7) is -1.50. The summed E-state index contributed by atoms with van der Waals surface area (Å²) in [5.41, 5.74) is 0.828. The number of sulfonamides is 1. The minimum atomic E-state index is -4.29. The Morgan fingerprint density at radius 1 is 1.27 bits per heavy atom. The molecule has 0 unspecified atom stereocenters. The van der Waals surface area contributed by atoms with Crippen molar-refractivity contribution in [1.29, 1.82) is 0 Å². The van der Waals surface area contributed by atoms with Crippen LogP contribution in [0.1, 0.15) is 5.56 Å². The van der Waals surface area contributed by atoms with Gasteiger partial charge in [-0.05, 0) is 19.1 Å². The van der Waals surface area contributed by atoms with E-state index >= 15 is 0 Å². The molecule has 1 rings (SSSR count). The Balaban J connectivity index is 3.12. The number of benzene rings is 1. The average Bonchev–Trinajstić information content (AvgIpc) is 2.17. The number of halogens is 2. The van der Waals surface area contributed by atoms with E-state index < -0.39 is 21.0 Å². The molecule has 0 bridgehead atoms. The number of hydrogen-bond donors (Lipinski definition) is 1. The first-order valence-electron chi connectivity index (χ1n) is 3.99. The molecule has 1 aromatic carbocycles. The van der Waals surface area contributed by atoms with Gasteiger partial charge in [0.25, 0.3) is 10.0 Å². The fourth-order valence-electron chi connectivity index (χ4n) is 0.937. The largest absolute Gasteiger partial charge is 0.320 e. The Kier molecular flexibility index (Phi) is 3.38. The summed E-state index contributed by atoms with van der Waals surface area (Å²) in [6.07, 6.45) is 0. The summed E-state index contributed by atoms with van der Waals surface area (Å²) in [7, 11) is -4.29. The van der Waals surface area contributed by atoms with Crippen LogP contribution in [0, 0.1) is 6.92 Å². The zero-order valence-electron chi connectivity index (χ0n) is 7.89. The molecule has 84 valence electrons. The lowest BCUT2D eigenvalue weighted by atomic mass is 10.2. The third kappa shape index (κ3) is 2.49. The minimum Gasteiger partial charge on any atom is -0.250 e. The highest BCUT2D eigenvalue weighted by molar-refractivity contribution is 7.89. The third-order valence-electron chi connectivity index (χ3n) is 1.79. The molecular weight excluding hydrogens is 226 g/mol. The minimum absolute atomic E-state index is 0.254. The molecule has 0 spiro atoms. The van der Waals surface area contributed by atoms with E-state index in [0.29, 0.717) is 0 Å². The van der Waals surface area contributed by atoms with Crippen LogP contribution in [0.15, 0.2) is 29.2 Å². The van der Waals surface area contributed by atoms with Crippen LogP contribution in [0.3, 0.4) is 0 Å². The number of alkyl halides is 2. The zero-order valence-corrected chi connectivity index (χ0v) is 8.71. The van der Waals surface area contributed by atoms with Crippen LogP contribution in [-0.2, 0) is 10.0 Å². The first-order chi connectivity index (χ1) is 6.85. The van der Waals surface area contributed by atoms with Gasteiger partial charge < -0.3 is 0 Å². The topological polar surface area (TPSA) is 63.4 Å². The van der Waals surface area contributed by atoms with Crippen molar-refractivity contribution in [3.63, 3.8) is 0 Å². The molecular formula is C8H10F2N2O2S. The Morgan fingerprint density at radius 3 is 2.13 bits per heavy atom. The molecule has 0 radical (unpaired) electrons. The van der Waals surface area contributed by atoms with Crippen LogP contribution in [0.2, 0.25) is 0 Å². The average molecular weight is 236 g/mol. The standard InChI is InChI=1S/C8H10F2N2O2S/c1-6-2-4-7(5-3-6)15(13,14)12(11)8(9)10/h2-5,8H,11H2,1H3. The van der Waals surface area contributed by atoms with E-state index in [4.69, 9.17) is 5.84 Å². The van der Waals surface area contributed by atoms with Gasteiger partial charge in [-0.15, -0.1) is 0 Å². The maximum absolute atomic E-state index is 12.1. The Morgan fingerprint density at radius 2 is 1.73 bits per heavy atom. The third-order valence-corrected chi connectivity index (χ3v) is 3.37. The second kappa shape index (κ2) is 4.21. The van der Waals surface area contributed by atoms with Gasteiger partial charge in [0.15, 0.2) is 0 Å². The molecule has 0 saturated heterocycles. The zero-order chi connectivity index (χ0) is 11.6. The SMILES string of the molecule is Cc1ccc(S(=O)(=O)N(N)C(F)F)cc1. The molecule has 4 nitrogen and oxygen atoms in total. The van der Waals surface area contributed by atoms with E-state index in [1.165, 1.54) is 24.3 Å². The van der Waals surface area contributed by atoms with Crippen LogP contribution in [0.4, 0.5) is 8.78 Å². The maximum atomic E-state index is 12.1. The summed E-state index contributed by atoms with van der Waals surface area (Å²) < 4.78 is 46.6. The molecule has 0 amide bonds. The van der Waals surface area contributed by atoms with Gasteiger partial charge in [-0.1, -0.05) is 22.1 Å². The Hall–Kier alpha value is -1.05. The van der Waals surface area contributed by atoms with Crippen LogP contribution in [0.25, 0.3) is 0 Å². The monoisotopic (exact) mass is 236 g/mol. The van der Waals surface area contributed by atoms with Gasteiger partial charge in [-0.25, -0.2) is 14.3 Å². The van der Waals surface area contributed by atoms with Crippen molar-refractivity contribution >= 4 is 10.0 Å². The quantitative estimate of drug-likeness (QED) is 0.485. The van der Waals surface area contributed by atoms with Gasteiger partial charge in [0.1, 0.15) is 0 Å². The van der Waals surface area contributed by atoms with Crippen molar-refractivity contribution in [2.24, 2.45) is 5.84 Å². The number of nitrogens with zero attached hydrogens (tertiary/aromatic N) is 1. The first-order valence-corrected chi connectivity index (χ1v) is 5.43. The predicted molar refractivity (Wildman–Crippen MR) is 50.4 cm³/mol. The summed E-state index contributed by atoms with van der Waals surface area (Å²) in [6, 6.07) is 5.47. The molecule has 0 aliphatic heterocycles. The van der Waals surface area contributed by atoms with Crippen LogP contribution < -0.4 is 5.84 Å². The second-order valence-corrected chi connectivity index (χ2v) is 4.77. The number of rotatable bonds is 3. The summed E-state index contributed by atoms with van der Waals surface area (Å²) in [5.74, 6) is 4.76. The van der Waals surface area contributed by atoms with Gasteiger partial charge in [0.05, 0.1) is 4.90 Å². The van der Waals surface area contributed by atoms with Crippen molar-refractivity contribution in [2.45, 2.75) is 18.4 Å². The highest BCUT2D eigenvalue weighted by Gasteiger charge is 2.28. The maximum Gasteiger partial charge on any atom is 0.320 e. The highest BCUT2D eigenvalue weighted by Crippen LogP contribution is 2.16. The molecule has 0 aliphatic carbocycles. The molecule has 0 heterocycles. The molecule has 0 fully saturated rings. The lowest BCUT2D eigenvalue weighted by Gasteiger charge is -2.15. The predicted octanol–water partition coefficient (Wildman–Crippen LogP) is 1.08. The van der Waals surface area contributed by atoms with Gasteiger partial charge in [-0.3, -0.25) is 0 Å². The molecule has 0 atom stereocenters. The van der Waals surface area contributed by atoms with Gasteiger partial charge in [0, 0.05) is 0 Å². The fraction of sp³-hybridized carbons (Fsp3) is 0.250.